The molecular formula is C20H39O5P-2. The van der Waals surface area contributed by atoms with Crippen LogP contribution in [0.2, 0.25) is 0 Å². The minimum absolute atomic E-state index is 0.000264. The number of hydrogen-bond donors (Lipinski definition) is 1. The van der Waals surface area contributed by atoms with Crippen LogP contribution in [0, 0.1) is 11.8 Å². The van der Waals surface area contributed by atoms with Crippen LogP contribution in [-0.4, -0.2) is 18.3 Å². The first-order chi connectivity index (χ1) is 12.0. The molecule has 2 atom stereocenters. The molecule has 1 N–H and O–H groups in total. The summed E-state index contributed by atoms with van der Waals surface area (Å²) in [7, 11) is -4.78. The second-order valence-corrected chi connectivity index (χ2v) is 8.66. The topological polar surface area (TPSA) is 92.7 Å². The number of aliphatic hydroxyl groups excluding tert-OH is 1. The molecule has 0 bridgehead atoms. The van der Waals surface area contributed by atoms with Crippen molar-refractivity contribution in [3.8, 4) is 0 Å². The van der Waals surface area contributed by atoms with Gasteiger partial charge in [-0.15, -0.1) is 0 Å². The number of aliphatic hydroxyl groups is 1. The van der Waals surface area contributed by atoms with Crippen molar-refractivity contribution < 1.29 is 24.0 Å². The Morgan fingerprint density at radius 2 is 1.35 bits per heavy atom. The minimum atomic E-state index is -4.78. The van der Waals surface area contributed by atoms with Gasteiger partial charge in [0.2, 0.25) is 0 Å². The summed E-state index contributed by atoms with van der Waals surface area (Å²) in [6.07, 6.45) is 10.3. The summed E-state index contributed by atoms with van der Waals surface area (Å²) in [5, 5.41) is 8.63. The van der Waals surface area contributed by atoms with E-state index in [4.69, 9.17) is 5.11 Å². The van der Waals surface area contributed by atoms with Crippen molar-refractivity contribution in [1.82, 2.24) is 0 Å². The Kier molecular flexibility index (Phi) is 17.8. The summed E-state index contributed by atoms with van der Waals surface area (Å²) in [6.45, 7) is 12.9. The molecule has 0 aromatic carbocycles. The second-order valence-electron chi connectivity index (χ2n) is 7.51. The third kappa shape index (κ3) is 25.8. The first-order valence-corrected chi connectivity index (χ1v) is 11.0. The van der Waals surface area contributed by atoms with E-state index < -0.39 is 7.82 Å². The van der Waals surface area contributed by atoms with Gasteiger partial charge in [-0.2, -0.15) is 0 Å². The van der Waals surface area contributed by atoms with Gasteiger partial charge in [-0.3, -0.25) is 0 Å². The molecule has 26 heavy (non-hydrogen) atoms. The summed E-state index contributed by atoms with van der Waals surface area (Å²) in [4.78, 5) is 20.3. The summed E-state index contributed by atoms with van der Waals surface area (Å²) < 4.78 is 14.3. The molecule has 0 aromatic rings. The number of rotatable bonds is 12. The van der Waals surface area contributed by atoms with Crippen LogP contribution in [0.5, 0.6) is 0 Å². The predicted octanol–water partition coefficient (Wildman–Crippen LogP) is 4.36. The molecule has 2 unspecified atom stereocenters. The Balaban J connectivity index is 0. The van der Waals surface area contributed by atoms with Gasteiger partial charge in [0.05, 0.1) is 14.4 Å². The first-order valence-electron chi connectivity index (χ1n) is 9.52. The average molecular weight is 391 g/mol. The summed E-state index contributed by atoms with van der Waals surface area (Å²) in [5.41, 5.74) is 2.67. The molecule has 0 aromatic heterocycles. The zero-order chi connectivity index (χ0) is 20.6. The SMILES string of the molecule is CC(C)=CCCC(C)CCO.CC(C)=CCCC(C)CCOP(=O)([O-])[O-]. The van der Waals surface area contributed by atoms with E-state index in [0.717, 1.165) is 25.7 Å². The lowest BCUT2D eigenvalue weighted by molar-refractivity contribution is -0.341. The van der Waals surface area contributed by atoms with E-state index >= 15 is 0 Å². The lowest BCUT2D eigenvalue weighted by Crippen LogP contribution is -2.17. The quantitative estimate of drug-likeness (QED) is 0.395. The van der Waals surface area contributed by atoms with Crippen LogP contribution in [0.3, 0.4) is 0 Å². The highest BCUT2D eigenvalue weighted by Gasteiger charge is 2.01. The fourth-order valence-electron chi connectivity index (χ4n) is 2.19. The Labute approximate surface area is 160 Å². The fraction of sp³-hybridized carbons (Fsp3) is 0.800. The van der Waals surface area contributed by atoms with E-state index in [2.05, 4.69) is 37.4 Å². The van der Waals surface area contributed by atoms with Crippen molar-refractivity contribution in [3.63, 3.8) is 0 Å². The van der Waals surface area contributed by atoms with E-state index in [9.17, 15) is 14.4 Å². The van der Waals surface area contributed by atoms with Crippen molar-refractivity contribution in [2.75, 3.05) is 13.2 Å². The van der Waals surface area contributed by atoms with Crippen LogP contribution in [0.1, 0.15) is 80.1 Å². The second kappa shape index (κ2) is 16.7. The summed E-state index contributed by atoms with van der Waals surface area (Å²) in [5.74, 6) is 1.03. The number of phosphoric ester groups is 1. The Bertz CT molecular complexity index is 431. The molecule has 6 heteroatoms. The molecule has 0 aliphatic carbocycles. The summed E-state index contributed by atoms with van der Waals surface area (Å²) in [6, 6.07) is 0. The van der Waals surface area contributed by atoms with Gasteiger partial charge in [0.1, 0.15) is 0 Å². The van der Waals surface area contributed by atoms with Crippen LogP contribution in [-0.2, 0) is 9.09 Å². The van der Waals surface area contributed by atoms with Gasteiger partial charge in [0, 0.05) is 6.61 Å². The molecule has 0 saturated carbocycles. The maximum atomic E-state index is 10.2. The van der Waals surface area contributed by atoms with Crippen molar-refractivity contribution in [2.45, 2.75) is 80.1 Å². The first kappa shape index (κ1) is 27.8. The number of phosphoric acid groups is 1. The Morgan fingerprint density at radius 3 is 1.69 bits per heavy atom. The standard InChI is InChI=1S/C10H21O4P.C10H20O/c1-9(2)5-4-6-10(3)7-8-14-15(11,12)13;1-9(2)5-4-6-10(3)7-8-11/h5,10H,4,6-8H2,1-3H3,(H2,11,12,13);5,10-11H,4,6-8H2,1-3H3/p-2. The van der Waals surface area contributed by atoms with E-state index in [-0.39, 0.29) is 6.61 Å². The third-order valence-corrected chi connectivity index (χ3v) is 4.40. The fourth-order valence-corrected chi connectivity index (χ4v) is 2.52. The molecule has 0 aliphatic rings. The highest BCUT2D eigenvalue weighted by Crippen LogP contribution is 2.25. The molecule has 0 spiro atoms. The molecule has 0 aliphatic heterocycles. The Morgan fingerprint density at radius 1 is 0.923 bits per heavy atom. The van der Waals surface area contributed by atoms with E-state index in [1.807, 2.05) is 20.8 Å². The van der Waals surface area contributed by atoms with Crippen LogP contribution in [0.4, 0.5) is 0 Å². The van der Waals surface area contributed by atoms with Gasteiger partial charge in [-0.1, -0.05) is 37.1 Å². The third-order valence-electron chi connectivity index (χ3n) is 3.91. The monoisotopic (exact) mass is 390 g/mol. The van der Waals surface area contributed by atoms with Crippen molar-refractivity contribution in [2.24, 2.45) is 11.8 Å². The molecule has 0 rings (SSSR count). The zero-order valence-electron chi connectivity index (χ0n) is 17.5. The minimum Gasteiger partial charge on any atom is -0.790 e. The highest BCUT2D eigenvalue weighted by atomic mass is 31.2. The molecule has 5 nitrogen and oxygen atoms in total. The van der Waals surface area contributed by atoms with Gasteiger partial charge >= 0.3 is 0 Å². The number of hydrogen-bond acceptors (Lipinski definition) is 5. The molecule has 156 valence electrons. The van der Waals surface area contributed by atoms with E-state index in [1.165, 1.54) is 17.6 Å². The molecule has 0 saturated heterocycles. The molecule has 0 radical (unpaired) electrons. The summed E-state index contributed by atoms with van der Waals surface area (Å²) >= 11 is 0. The molecular weight excluding hydrogens is 351 g/mol. The van der Waals surface area contributed by atoms with E-state index in [1.54, 1.807) is 0 Å². The maximum Gasteiger partial charge on any atom is 0.0596 e. The van der Waals surface area contributed by atoms with E-state index in [0.29, 0.717) is 24.9 Å². The van der Waals surface area contributed by atoms with Gasteiger partial charge in [0.25, 0.3) is 0 Å². The van der Waals surface area contributed by atoms with Gasteiger partial charge < -0.3 is 24.0 Å². The number of allylic oxidation sites excluding steroid dienone is 4. The van der Waals surface area contributed by atoms with Crippen molar-refractivity contribution in [3.05, 3.63) is 23.3 Å². The van der Waals surface area contributed by atoms with Gasteiger partial charge in [-0.05, 0) is 78.1 Å². The van der Waals surface area contributed by atoms with Gasteiger partial charge in [-0.25, -0.2) is 0 Å². The van der Waals surface area contributed by atoms with Crippen LogP contribution >= 0.6 is 7.82 Å². The smallest absolute Gasteiger partial charge is 0.0596 e. The zero-order valence-corrected chi connectivity index (χ0v) is 18.4. The largest absolute Gasteiger partial charge is 0.790 e. The molecule has 0 heterocycles. The lowest BCUT2D eigenvalue weighted by Gasteiger charge is -2.29. The van der Waals surface area contributed by atoms with Crippen molar-refractivity contribution >= 4 is 7.82 Å². The maximum absolute atomic E-state index is 10.2. The molecule has 0 amide bonds. The Hall–Kier alpha value is -0.450. The van der Waals surface area contributed by atoms with Crippen LogP contribution in [0.15, 0.2) is 23.3 Å². The normalized spacial score (nSPS) is 13.3. The predicted molar refractivity (Wildman–Crippen MR) is 106 cm³/mol. The van der Waals surface area contributed by atoms with Gasteiger partial charge in [0.15, 0.2) is 0 Å². The van der Waals surface area contributed by atoms with Crippen molar-refractivity contribution in [1.29, 1.82) is 0 Å². The van der Waals surface area contributed by atoms with Crippen LogP contribution in [0.25, 0.3) is 0 Å². The highest BCUT2D eigenvalue weighted by molar-refractivity contribution is 7.43. The average Bonchev–Trinajstić information content (AvgIpc) is 2.46. The lowest BCUT2D eigenvalue weighted by atomic mass is 10.0. The van der Waals surface area contributed by atoms with Crippen LogP contribution < -0.4 is 9.79 Å². The molecule has 0 fully saturated rings.